The summed E-state index contributed by atoms with van der Waals surface area (Å²) in [7, 11) is 0. The molecule has 12 heteroatoms. The third kappa shape index (κ3) is 4.47. The maximum atomic E-state index is 15.7. The van der Waals surface area contributed by atoms with E-state index in [1.807, 2.05) is 4.90 Å². The first kappa shape index (κ1) is 24.9. The molecule has 6 rings (SSSR count). The van der Waals surface area contributed by atoms with Gasteiger partial charge in [-0.05, 0) is 38.8 Å². The lowest BCUT2D eigenvalue weighted by Gasteiger charge is -2.60. The summed E-state index contributed by atoms with van der Waals surface area (Å²) in [5.41, 5.74) is -0.309. The predicted octanol–water partition coefficient (Wildman–Crippen LogP) is -0.681. The van der Waals surface area contributed by atoms with Crippen molar-refractivity contribution in [2.45, 2.75) is 68.2 Å². The Morgan fingerprint density at radius 2 is 2.03 bits per heavy atom. The number of carbonyl (C=O) groups excluding carboxylic acids is 2. The number of hydrogen-bond donors (Lipinski definition) is 3. The van der Waals surface area contributed by atoms with Crippen LogP contribution >= 0.6 is 0 Å². The molecule has 202 valence electrons. The van der Waals surface area contributed by atoms with Crippen LogP contribution in [0.4, 0.5) is 4.39 Å². The monoisotopic (exact) mass is 519 g/mol. The highest BCUT2D eigenvalue weighted by molar-refractivity contribution is 6.18. The summed E-state index contributed by atoms with van der Waals surface area (Å²) in [6.45, 7) is 4.72. The van der Waals surface area contributed by atoms with E-state index >= 15 is 4.39 Å². The van der Waals surface area contributed by atoms with E-state index in [2.05, 4.69) is 20.5 Å². The van der Waals surface area contributed by atoms with E-state index < -0.39 is 48.1 Å². The number of carboxylic acid groups (broad SMARTS) is 1. The van der Waals surface area contributed by atoms with Gasteiger partial charge < -0.3 is 30.1 Å². The quantitative estimate of drug-likeness (QED) is 0.308. The van der Waals surface area contributed by atoms with Crippen molar-refractivity contribution in [3.05, 3.63) is 11.8 Å². The second-order valence-corrected chi connectivity index (χ2v) is 10.9. The van der Waals surface area contributed by atoms with Crippen LogP contribution in [0.15, 0.2) is 16.8 Å². The summed E-state index contributed by atoms with van der Waals surface area (Å²) in [4.78, 5) is 46.3. The molecule has 2 aliphatic carbocycles. The molecule has 9 unspecified atom stereocenters. The molecule has 0 aromatic rings. The number of alkyl halides is 1. The SMILES string of the molecule is O=C(O)C1=CN2C3CC4N=CNC(=O)C4CC3OC3C(NCCCN4CCOCC4)C(F)CC(C1=O)C32. The summed E-state index contributed by atoms with van der Waals surface area (Å²) in [5, 5.41) is 15.8. The molecular weight excluding hydrogens is 485 g/mol. The van der Waals surface area contributed by atoms with Gasteiger partial charge >= 0.3 is 5.97 Å². The number of halogens is 1. The predicted molar refractivity (Wildman–Crippen MR) is 129 cm³/mol. The summed E-state index contributed by atoms with van der Waals surface area (Å²) >= 11 is 0. The van der Waals surface area contributed by atoms with Crippen molar-refractivity contribution in [3.63, 3.8) is 0 Å². The second kappa shape index (κ2) is 10.0. The highest BCUT2D eigenvalue weighted by atomic mass is 19.1. The van der Waals surface area contributed by atoms with Crippen molar-refractivity contribution in [2.24, 2.45) is 16.8 Å². The number of carbonyl (C=O) groups is 3. The number of ketones is 1. The summed E-state index contributed by atoms with van der Waals surface area (Å²) in [6, 6.07) is -1.57. The minimum Gasteiger partial charge on any atom is -0.478 e. The van der Waals surface area contributed by atoms with Crippen molar-refractivity contribution in [3.8, 4) is 0 Å². The molecule has 0 spiro atoms. The molecular formula is C25H34FN5O6. The van der Waals surface area contributed by atoms with E-state index in [1.165, 1.54) is 12.5 Å². The Labute approximate surface area is 214 Å². The van der Waals surface area contributed by atoms with Gasteiger partial charge in [0.15, 0.2) is 5.78 Å². The molecule has 2 saturated carbocycles. The minimum atomic E-state index is -1.36. The summed E-state index contributed by atoms with van der Waals surface area (Å²) < 4.78 is 27.6. The first-order valence-electron chi connectivity index (χ1n) is 13.3. The van der Waals surface area contributed by atoms with Crippen LogP contribution in [0.25, 0.3) is 0 Å². The number of rotatable bonds is 6. The number of amides is 1. The average Bonchev–Trinajstić information content (AvgIpc) is 2.89. The molecule has 4 fully saturated rings. The van der Waals surface area contributed by atoms with Gasteiger partial charge in [0, 0.05) is 25.2 Å². The number of morpholine rings is 2. The highest BCUT2D eigenvalue weighted by Gasteiger charge is 2.60. The molecule has 11 nitrogen and oxygen atoms in total. The Morgan fingerprint density at radius 1 is 1.22 bits per heavy atom. The van der Waals surface area contributed by atoms with Gasteiger partial charge in [0.1, 0.15) is 11.7 Å². The third-order valence-electron chi connectivity index (χ3n) is 8.95. The standard InChI is InChI=1S/C25H34FN5O6/c26-16-8-14-21-23(20(16)27-2-1-3-30-4-6-36-7-5-30)37-19-9-13-17(28-12-29-24(13)33)10-18(19)31(21)11-15(22(14)32)25(34)35/h11-14,16-21,23,27H,1-10H2,(H,34,35)(H,28,29,33). The van der Waals surface area contributed by atoms with Gasteiger partial charge in [0.2, 0.25) is 5.91 Å². The van der Waals surface area contributed by atoms with E-state index in [0.29, 0.717) is 19.4 Å². The van der Waals surface area contributed by atoms with Gasteiger partial charge in [-0.25, -0.2) is 9.18 Å². The van der Waals surface area contributed by atoms with E-state index in [0.717, 1.165) is 39.3 Å². The first-order chi connectivity index (χ1) is 17.9. The number of ether oxygens (including phenoxy) is 2. The van der Waals surface area contributed by atoms with Crippen LogP contribution in [0.2, 0.25) is 0 Å². The van der Waals surface area contributed by atoms with Crippen LogP contribution in [0.3, 0.4) is 0 Å². The number of aliphatic carboxylic acids is 1. The maximum absolute atomic E-state index is 15.7. The molecule has 4 heterocycles. The number of aliphatic imine (C=N–C) groups is 1. The Bertz CT molecular complexity index is 1000. The molecule has 0 aromatic heterocycles. The normalized spacial score (nSPS) is 41.3. The molecule has 0 bridgehead atoms. The minimum absolute atomic E-state index is 0.0460. The molecule has 3 N–H and O–H groups in total. The fraction of sp³-hybridized carbons (Fsp3) is 0.760. The molecule has 2 saturated heterocycles. The number of nitrogens with zero attached hydrogens (tertiary/aromatic N) is 3. The van der Waals surface area contributed by atoms with Gasteiger partial charge in [-0.3, -0.25) is 19.5 Å². The van der Waals surface area contributed by atoms with E-state index in [9.17, 15) is 19.5 Å². The van der Waals surface area contributed by atoms with Crippen LogP contribution in [0, 0.1) is 11.8 Å². The summed E-state index contributed by atoms with van der Waals surface area (Å²) in [6.07, 6.45) is 2.17. The van der Waals surface area contributed by atoms with Gasteiger partial charge in [-0.2, -0.15) is 0 Å². The number of Topliss-reactive ketones (excluding diaryl/α,β-unsaturated/α-hetero) is 1. The Kier molecular flexibility index (Phi) is 6.76. The Morgan fingerprint density at radius 3 is 2.81 bits per heavy atom. The molecule has 6 aliphatic rings. The third-order valence-corrected chi connectivity index (χ3v) is 8.95. The van der Waals surface area contributed by atoms with Crippen LogP contribution < -0.4 is 10.6 Å². The van der Waals surface area contributed by atoms with Gasteiger partial charge in [-0.1, -0.05) is 0 Å². The van der Waals surface area contributed by atoms with E-state index in [4.69, 9.17) is 9.47 Å². The van der Waals surface area contributed by atoms with Crippen LogP contribution in [0.1, 0.15) is 25.7 Å². The number of fused-ring (bicyclic) bond motifs is 3. The van der Waals surface area contributed by atoms with E-state index in [1.54, 1.807) is 0 Å². The van der Waals surface area contributed by atoms with Crippen LogP contribution in [-0.2, 0) is 23.9 Å². The molecule has 37 heavy (non-hydrogen) atoms. The zero-order chi connectivity index (χ0) is 25.7. The lowest BCUT2D eigenvalue weighted by Crippen LogP contribution is -2.74. The van der Waals surface area contributed by atoms with Crippen molar-refractivity contribution >= 4 is 24.0 Å². The average molecular weight is 520 g/mol. The first-order valence-corrected chi connectivity index (χ1v) is 13.3. The fourth-order valence-electron chi connectivity index (χ4n) is 7.14. The number of hydrogen-bond acceptors (Lipinski definition) is 9. The second-order valence-electron chi connectivity index (χ2n) is 10.9. The lowest BCUT2D eigenvalue weighted by atomic mass is 9.68. The number of nitrogens with one attached hydrogen (secondary N) is 2. The molecule has 9 atom stereocenters. The van der Waals surface area contributed by atoms with Crippen molar-refractivity contribution in [2.75, 3.05) is 39.4 Å². The Hall–Kier alpha value is -2.41. The summed E-state index contributed by atoms with van der Waals surface area (Å²) in [5.74, 6) is -3.08. The topological polar surface area (TPSA) is 133 Å². The molecule has 1 amide bonds. The largest absolute Gasteiger partial charge is 0.478 e. The van der Waals surface area contributed by atoms with Crippen LogP contribution in [-0.4, -0.2) is 121 Å². The maximum Gasteiger partial charge on any atom is 0.340 e. The Balaban J connectivity index is 1.24. The molecule has 0 aromatic carbocycles. The van der Waals surface area contributed by atoms with Gasteiger partial charge in [0.05, 0.1) is 61.8 Å². The number of carboxylic acids is 1. The van der Waals surface area contributed by atoms with Crippen LogP contribution in [0.5, 0.6) is 0 Å². The van der Waals surface area contributed by atoms with Crippen molar-refractivity contribution < 1.29 is 33.4 Å². The smallest absolute Gasteiger partial charge is 0.340 e. The van der Waals surface area contributed by atoms with Gasteiger partial charge in [-0.15, -0.1) is 0 Å². The fourth-order valence-corrected chi connectivity index (χ4v) is 7.14. The van der Waals surface area contributed by atoms with E-state index in [-0.39, 0.29) is 35.9 Å². The van der Waals surface area contributed by atoms with Crippen molar-refractivity contribution in [1.29, 1.82) is 0 Å². The lowest BCUT2D eigenvalue weighted by molar-refractivity contribution is -0.203. The van der Waals surface area contributed by atoms with Gasteiger partial charge in [0.25, 0.3) is 0 Å². The highest BCUT2D eigenvalue weighted by Crippen LogP contribution is 2.47. The molecule has 4 aliphatic heterocycles. The van der Waals surface area contributed by atoms with Crippen molar-refractivity contribution in [1.82, 2.24) is 20.4 Å². The zero-order valence-electron chi connectivity index (χ0n) is 20.6. The zero-order valence-corrected chi connectivity index (χ0v) is 20.6. The molecule has 0 radical (unpaired) electrons.